The van der Waals surface area contributed by atoms with Crippen LogP contribution in [0.25, 0.3) is 11.3 Å². The topological polar surface area (TPSA) is 56.0 Å². The molecule has 5 heteroatoms. The average Bonchev–Trinajstić information content (AvgIpc) is 2.78. The standard InChI is InChI=1S/C12H8N2O2S/c1-2-3-12-13-11(8-17-12)9-4-6-10(7-5-9)14(15)16/h1,4-8H,3H2. The van der Waals surface area contributed by atoms with Crippen LogP contribution in [-0.4, -0.2) is 9.91 Å². The van der Waals surface area contributed by atoms with Crippen LogP contribution in [0, 0.1) is 22.5 Å². The average molecular weight is 244 g/mol. The van der Waals surface area contributed by atoms with E-state index in [1.54, 1.807) is 12.1 Å². The Morgan fingerprint density at radius 1 is 1.41 bits per heavy atom. The zero-order valence-electron chi connectivity index (χ0n) is 8.79. The Balaban J connectivity index is 2.27. The van der Waals surface area contributed by atoms with Crippen molar-refractivity contribution in [1.29, 1.82) is 0 Å². The van der Waals surface area contributed by atoms with Crippen LogP contribution < -0.4 is 0 Å². The number of hydrogen-bond acceptors (Lipinski definition) is 4. The molecule has 0 aliphatic rings. The SMILES string of the molecule is C#CCc1nc(-c2ccc([N+](=O)[O-])cc2)cs1. The number of nitro groups is 1. The minimum atomic E-state index is -0.422. The molecule has 0 fully saturated rings. The Morgan fingerprint density at radius 3 is 2.71 bits per heavy atom. The Morgan fingerprint density at radius 2 is 2.12 bits per heavy atom. The first kappa shape index (κ1) is 11.3. The summed E-state index contributed by atoms with van der Waals surface area (Å²) in [4.78, 5) is 14.4. The molecule has 0 bridgehead atoms. The van der Waals surface area contributed by atoms with Crippen molar-refractivity contribution in [2.45, 2.75) is 6.42 Å². The molecule has 0 radical (unpaired) electrons. The van der Waals surface area contributed by atoms with Gasteiger partial charge in [-0.2, -0.15) is 0 Å². The van der Waals surface area contributed by atoms with Crippen LogP contribution in [0.4, 0.5) is 5.69 Å². The predicted molar refractivity (Wildman–Crippen MR) is 66.7 cm³/mol. The number of nitro benzene ring substituents is 1. The number of rotatable bonds is 3. The van der Waals surface area contributed by atoms with Crippen LogP contribution in [-0.2, 0) is 6.42 Å². The Bertz CT molecular complexity index is 581. The summed E-state index contributed by atoms with van der Waals surface area (Å²) in [7, 11) is 0. The molecule has 1 heterocycles. The molecule has 0 amide bonds. The lowest BCUT2D eigenvalue weighted by molar-refractivity contribution is -0.384. The number of hydrogen-bond donors (Lipinski definition) is 0. The largest absolute Gasteiger partial charge is 0.269 e. The van der Waals surface area contributed by atoms with E-state index < -0.39 is 4.92 Å². The first-order valence-electron chi connectivity index (χ1n) is 4.83. The normalized spacial score (nSPS) is 9.82. The highest BCUT2D eigenvalue weighted by Gasteiger charge is 2.07. The fraction of sp³-hybridized carbons (Fsp3) is 0.0833. The maximum Gasteiger partial charge on any atom is 0.269 e. The summed E-state index contributed by atoms with van der Waals surface area (Å²) < 4.78 is 0. The minimum absolute atomic E-state index is 0.0767. The number of terminal acetylenes is 1. The Kier molecular flexibility index (Phi) is 3.17. The van der Waals surface area contributed by atoms with Gasteiger partial charge in [-0.15, -0.1) is 17.8 Å². The van der Waals surface area contributed by atoms with Crippen molar-refractivity contribution in [2.24, 2.45) is 0 Å². The van der Waals surface area contributed by atoms with Crippen molar-refractivity contribution in [3.05, 3.63) is 44.8 Å². The molecule has 0 aliphatic heterocycles. The molecule has 0 aliphatic carbocycles. The third-order valence-corrected chi connectivity index (χ3v) is 3.03. The van der Waals surface area contributed by atoms with Crippen LogP contribution >= 0.6 is 11.3 Å². The van der Waals surface area contributed by atoms with Gasteiger partial charge < -0.3 is 0 Å². The molecular weight excluding hydrogens is 236 g/mol. The molecule has 2 aromatic rings. The van der Waals surface area contributed by atoms with Gasteiger partial charge in [0.25, 0.3) is 5.69 Å². The van der Waals surface area contributed by atoms with Crippen molar-refractivity contribution in [3.8, 4) is 23.6 Å². The van der Waals surface area contributed by atoms with Crippen LogP contribution in [0.2, 0.25) is 0 Å². The van der Waals surface area contributed by atoms with Gasteiger partial charge in [0, 0.05) is 23.1 Å². The molecule has 0 spiro atoms. The number of non-ortho nitro benzene ring substituents is 1. The summed E-state index contributed by atoms with van der Waals surface area (Å²) in [6.07, 6.45) is 5.71. The van der Waals surface area contributed by atoms with Crippen molar-refractivity contribution in [2.75, 3.05) is 0 Å². The maximum atomic E-state index is 10.5. The second-order valence-corrected chi connectivity index (χ2v) is 4.25. The van der Waals surface area contributed by atoms with Gasteiger partial charge in [0.05, 0.1) is 17.0 Å². The molecule has 0 saturated heterocycles. The van der Waals surface area contributed by atoms with Gasteiger partial charge in [-0.3, -0.25) is 10.1 Å². The van der Waals surface area contributed by atoms with Gasteiger partial charge in [0.2, 0.25) is 0 Å². The van der Waals surface area contributed by atoms with Gasteiger partial charge in [-0.05, 0) is 12.1 Å². The third kappa shape index (κ3) is 2.49. The highest BCUT2D eigenvalue weighted by atomic mass is 32.1. The van der Waals surface area contributed by atoms with Crippen molar-refractivity contribution >= 4 is 17.0 Å². The lowest BCUT2D eigenvalue weighted by Gasteiger charge is -1.95. The Hall–Kier alpha value is -2.19. The van der Waals surface area contributed by atoms with E-state index >= 15 is 0 Å². The zero-order chi connectivity index (χ0) is 12.3. The number of benzene rings is 1. The summed E-state index contributed by atoms with van der Waals surface area (Å²) >= 11 is 1.49. The molecule has 0 N–H and O–H groups in total. The summed E-state index contributed by atoms with van der Waals surface area (Å²) in [5, 5.41) is 13.3. The van der Waals surface area contributed by atoms with E-state index in [9.17, 15) is 10.1 Å². The molecule has 0 atom stereocenters. The molecule has 1 aromatic heterocycles. The van der Waals surface area contributed by atoms with Crippen LogP contribution in [0.3, 0.4) is 0 Å². The lowest BCUT2D eigenvalue weighted by atomic mass is 10.1. The van der Waals surface area contributed by atoms with Crippen molar-refractivity contribution in [3.63, 3.8) is 0 Å². The molecular formula is C12H8N2O2S. The molecule has 17 heavy (non-hydrogen) atoms. The Labute approximate surface area is 102 Å². The van der Waals surface area contributed by atoms with Gasteiger partial charge in [-0.1, -0.05) is 5.92 Å². The van der Waals surface area contributed by atoms with E-state index in [0.29, 0.717) is 6.42 Å². The van der Waals surface area contributed by atoms with E-state index in [2.05, 4.69) is 10.9 Å². The predicted octanol–water partition coefficient (Wildman–Crippen LogP) is 2.89. The number of aromatic nitrogens is 1. The first-order valence-corrected chi connectivity index (χ1v) is 5.71. The van der Waals surface area contributed by atoms with Crippen LogP contribution in [0.5, 0.6) is 0 Å². The summed E-state index contributed by atoms with van der Waals surface area (Å²) in [6, 6.07) is 6.31. The quantitative estimate of drug-likeness (QED) is 0.474. The fourth-order valence-electron chi connectivity index (χ4n) is 1.37. The first-order chi connectivity index (χ1) is 8.20. The molecule has 0 saturated carbocycles. The van der Waals surface area contributed by atoms with Crippen molar-refractivity contribution < 1.29 is 4.92 Å². The monoisotopic (exact) mass is 244 g/mol. The van der Waals surface area contributed by atoms with Gasteiger partial charge in [0.15, 0.2) is 0 Å². The fourth-order valence-corrected chi connectivity index (χ4v) is 2.12. The number of nitrogens with zero attached hydrogens (tertiary/aromatic N) is 2. The summed E-state index contributed by atoms with van der Waals surface area (Å²) in [5.74, 6) is 2.53. The van der Waals surface area contributed by atoms with Gasteiger partial charge in [0.1, 0.15) is 5.01 Å². The van der Waals surface area contributed by atoms with E-state index in [1.165, 1.54) is 23.5 Å². The highest BCUT2D eigenvalue weighted by molar-refractivity contribution is 7.10. The second-order valence-electron chi connectivity index (χ2n) is 3.31. The lowest BCUT2D eigenvalue weighted by Crippen LogP contribution is -1.87. The van der Waals surface area contributed by atoms with E-state index in [4.69, 9.17) is 6.42 Å². The smallest absolute Gasteiger partial charge is 0.258 e. The third-order valence-electron chi connectivity index (χ3n) is 2.18. The van der Waals surface area contributed by atoms with Gasteiger partial charge in [-0.25, -0.2) is 4.98 Å². The molecule has 1 aromatic carbocycles. The van der Waals surface area contributed by atoms with Crippen LogP contribution in [0.1, 0.15) is 5.01 Å². The summed E-state index contributed by atoms with van der Waals surface area (Å²) in [6.45, 7) is 0. The van der Waals surface area contributed by atoms with E-state index in [1.807, 2.05) is 5.38 Å². The molecule has 2 rings (SSSR count). The maximum absolute atomic E-state index is 10.5. The van der Waals surface area contributed by atoms with Crippen molar-refractivity contribution in [1.82, 2.24) is 4.98 Å². The van der Waals surface area contributed by atoms with E-state index in [0.717, 1.165) is 16.3 Å². The molecule has 4 nitrogen and oxygen atoms in total. The molecule has 0 unspecified atom stereocenters. The van der Waals surface area contributed by atoms with Gasteiger partial charge >= 0.3 is 0 Å². The van der Waals surface area contributed by atoms with Crippen LogP contribution in [0.15, 0.2) is 29.6 Å². The second kappa shape index (κ2) is 4.76. The number of thiazole rings is 1. The summed E-state index contributed by atoms with van der Waals surface area (Å²) in [5.41, 5.74) is 1.73. The highest BCUT2D eigenvalue weighted by Crippen LogP contribution is 2.24. The zero-order valence-corrected chi connectivity index (χ0v) is 9.61. The minimum Gasteiger partial charge on any atom is -0.258 e. The molecule has 84 valence electrons. The van der Waals surface area contributed by atoms with E-state index in [-0.39, 0.29) is 5.69 Å².